The van der Waals surface area contributed by atoms with Gasteiger partial charge >= 0.3 is 5.97 Å². The number of esters is 1. The van der Waals surface area contributed by atoms with Crippen molar-refractivity contribution >= 4 is 17.8 Å². The van der Waals surface area contributed by atoms with Crippen LogP contribution < -0.4 is 10.1 Å². The molecule has 0 bridgehead atoms. The van der Waals surface area contributed by atoms with Gasteiger partial charge in [-0.3, -0.25) is 14.4 Å². The Morgan fingerprint density at radius 1 is 1.07 bits per heavy atom. The molecule has 0 aliphatic carbocycles. The molecular weight excluding hydrogens is 348 g/mol. The minimum absolute atomic E-state index is 0.103. The van der Waals surface area contributed by atoms with Gasteiger partial charge in [0.2, 0.25) is 5.91 Å². The van der Waals surface area contributed by atoms with Gasteiger partial charge in [0.25, 0.3) is 5.91 Å². The minimum atomic E-state index is -0.340. The zero-order valence-corrected chi connectivity index (χ0v) is 16.5. The fourth-order valence-electron chi connectivity index (χ4n) is 2.41. The van der Waals surface area contributed by atoms with Gasteiger partial charge in [0.1, 0.15) is 5.75 Å². The van der Waals surface area contributed by atoms with Crippen molar-refractivity contribution in [2.75, 3.05) is 32.8 Å². The number of nitrogens with zero attached hydrogens (tertiary/aromatic N) is 1. The number of hydrogen-bond donors (Lipinski definition) is 1. The fraction of sp³-hybridized carbons (Fsp3) is 0.550. The summed E-state index contributed by atoms with van der Waals surface area (Å²) in [5.41, 5.74) is 1.20. The number of nitrogens with one attached hydrogen (secondary N) is 1. The normalized spacial score (nSPS) is 10.2. The fourth-order valence-corrected chi connectivity index (χ4v) is 2.41. The first-order chi connectivity index (χ1) is 13.0. The maximum atomic E-state index is 12.5. The molecule has 2 amide bonds. The van der Waals surface area contributed by atoms with Gasteiger partial charge in [0.15, 0.2) is 6.61 Å². The average Bonchev–Trinajstić information content (AvgIpc) is 2.65. The molecule has 0 aromatic heterocycles. The molecule has 0 fully saturated rings. The van der Waals surface area contributed by atoms with Gasteiger partial charge in [-0.05, 0) is 37.5 Å². The second kappa shape index (κ2) is 12.7. The second-order valence-corrected chi connectivity index (χ2v) is 6.06. The standard InChI is InChI=1S/C20H30N2O5/c1-4-17-7-9-18(10-8-17)27-15-19(24)22(13-6-12-21-16(3)23)14-11-20(25)26-5-2/h7-10H,4-6,11-15H2,1-3H3,(H,21,23). The highest BCUT2D eigenvalue weighted by Crippen LogP contribution is 2.12. The van der Waals surface area contributed by atoms with Crippen molar-refractivity contribution in [1.82, 2.24) is 10.2 Å². The molecule has 7 heteroatoms. The summed E-state index contributed by atoms with van der Waals surface area (Å²) in [4.78, 5) is 36.6. The highest BCUT2D eigenvalue weighted by Gasteiger charge is 2.16. The second-order valence-electron chi connectivity index (χ2n) is 6.06. The van der Waals surface area contributed by atoms with E-state index in [0.717, 1.165) is 6.42 Å². The third-order valence-corrected chi connectivity index (χ3v) is 3.92. The van der Waals surface area contributed by atoms with Crippen LogP contribution in [0.3, 0.4) is 0 Å². The molecule has 0 spiro atoms. The van der Waals surface area contributed by atoms with Crippen LogP contribution in [-0.2, 0) is 25.5 Å². The number of amides is 2. The summed E-state index contributed by atoms with van der Waals surface area (Å²) >= 11 is 0. The number of benzene rings is 1. The van der Waals surface area contributed by atoms with Crippen LogP contribution in [0.5, 0.6) is 5.75 Å². The highest BCUT2D eigenvalue weighted by molar-refractivity contribution is 5.78. The number of rotatable bonds is 12. The Morgan fingerprint density at radius 3 is 2.37 bits per heavy atom. The van der Waals surface area contributed by atoms with Crippen LogP contribution >= 0.6 is 0 Å². The third-order valence-electron chi connectivity index (χ3n) is 3.92. The zero-order chi connectivity index (χ0) is 20.1. The highest BCUT2D eigenvalue weighted by atomic mass is 16.5. The van der Waals surface area contributed by atoms with Crippen LogP contribution in [0.15, 0.2) is 24.3 Å². The van der Waals surface area contributed by atoms with Gasteiger partial charge in [-0.2, -0.15) is 0 Å². The number of carbonyl (C=O) groups is 3. The van der Waals surface area contributed by atoms with E-state index in [1.54, 1.807) is 11.8 Å². The van der Waals surface area contributed by atoms with Gasteiger partial charge in [0, 0.05) is 26.6 Å². The van der Waals surface area contributed by atoms with Gasteiger partial charge in [-0.25, -0.2) is 0 Å². The van der Waals surface area contributed by atoms with Crippen LogP contribution in [0.2, 0.25) is 0 Å². The van der Waals surface area contributed by atoms with Crippen LogP contribution in [0.25, 0.3) is 0 Å². The maximum Gasteiger partial charge on any atom is 0.307 e. The predicted octanol–water partition coefficient (Wildman–Crippen LogP) is 1.94. The molecule has 0 saturated carbocycles. The Kier molecular flexibility index (Phi) is 10.6. The molecule has 1 aromatic rings. The van der Waals surface area contributed by atoms with Crippen molar-refractivity contribution in [2.45, 2.75) is 40.0 Å². The molecule has 0 atom stereocenters. The molecule has 1 aromatic carbocycles. The molecule has 0 radical (unpaired) electrons. The van der Waals surface area contributed by atoms with E-state index in [4.69, 9.17) is 9.47 Å². The lowest BCUT2D eigenvalue weighted by molar-refractivity contribution is -0.144. The minimum Gasteiger partial charge on any atom is -0.484 e. The molecular formula is C20H30N2O5. The molecule has 1 N–H and O–H groups in total. The Labute approximate surface area is 161 Å². The average molecular weight is 378 g/mol. The topological polar surface area (TPSA) is 84.9 Å². The smallest absolute Gasteiger partial charge is 0.307 e. The quantitative estimate of drug-likeness (QED) is 0.444. The third kappa shape index (κ3) is 9.63. The van der Waals surface area contributed by atoms with E-state index in [9.17, 15) is 14.4 Å². The summed E-state index contributed by atoms with van der Waals surface area (Å²) in [5, 5.41) is 2.69. The molecule has 0 aliphatic rings. The van der Waals surface area contributed by atoms with Gasteiger partial charge in [-0.1, -0.05) is 19.1 Å². The summed E-state index contributed by atoms with van der Waals surface area (Å²) in [6.07, 6.45) is 1.67. The molecule has 0 heterocycles. The van der Waals surface area contributed by atoms with Crippen molar-refractivity contribution in [2.24, 2.45) is 0 Å². The first-order valence-electron chi connectivity index (χ1n) is 9.35. The Balaban J connectivity index is 2.54. The first kappa shape index (κ1) is 22.5. The van der Waals surface area contributed by atoms with Crippen molar-refractivity contribution in [3.8, 4) is 5.75 Å². The predicted molar refractivity (Wildman–Crippen MR) is 102 cm³/mol. The Bertz CT molecular complexity index is 601. The lowest BCUT2D eigenvalue weighted by atomic mass is 10.2. The van der Waals surface area contributed by atoms with E-state index < -0.39 is 0 Å². The SMILES string of the molecule is CCOC(=O)CCN(CCCNC(C)=O)C(=O)COc1ccc(CC)cc1. The van der Waals surface area contributed by atoms with E-state index in [0.29, 0.717) is 31.9 Å². The number of aryl methyl sites for hydroxylation is 1. The molecule has 0 aliphatic heterocycles. The number of carbonyl (C=O) groups excluding carboxylic acids is 3. The summed E-state index contributed by atoms with van der Waals surface area (Å²) in [6, 6.07) is 7.61. The van der Waals surface area contributed by atoms with Crippen LogP contribution in [0, 0.1) is 0 Å². The van der Waals surface area contributed by atoms with E-state index in [1.807, 2.05) is 24.3 Å². The van der Waals surface area contributed by atoms with Gasteiger partial charge in [0.05, 0.1) is 13.0 Å². The van der Waals surface area contributed by atoms with Gasteiger partial charge in [-0.15, -0.1) is 0 Å². The van der Waals surface area contributed by atoms with Crippen LogP contribution in [-0.4, -0.2) is 55.5 Å². The molecule has 150 valence electrons. The lowest BCUT2D eigenvalue weighted by Gasteiger charge is -2.22. The van der Waals surface area contributed by atoms with Crippen LogP contribution in [0.1, 0.15) is 39.2 Å². The lowest BCUT2D eigenvalue weighted by Crippen LogP contribution is -2.38. The van der Waals surface area contributed by atoms with E-state index in [-0.39, 0.29) is 37.4 Å². The maximum absolute atomic E-state index is 12.5. The van der Waals surface area contributed by atoms with Crippen LogP contribution in [0.4, 0.5) is 0 Å². The van der Waals surface area contributed by atoms with Crippen molar-refractivity contribution in [3.63, 3.8) is 0 Å². The molecule has 7 nitrogen and oxygen atoms in total. The monoisotopic (exact) mass is 378 g/mol. The van der Waals surface area contributed by atoms with Crippen molar-refractivity contribution < 1.29 is 23.9 Å². The molecule has 0 saturated heterocycles. The summed E-state index contributed by atoms with van der Waals surface area (Å²) in [5.74, 6) is -0.0303. The molecule has 0 unspecified atom stereocenters. The molecule has 27 heavy (non-hydrogen) atoms. The number of ether oxygens (including phenoxy) is 2. The zero-order valence-electron chi connectivity index (χ0n) is 16.5. The van der Waals surface area contributed by atoms with E-state index >= 15 is 0 Å². The Hall–Kier alpha value is -2.57. The summed E-state index contributed by atoms with van der Waals surface area (Å²) < 4.78 is 10.5. The van der Waals surface area contributed by atoms with E-state index in [2.05, 4.69) is 12.2 Å². The first-order valence-corrected chi connectivity index (χ1v) is 9.35. The Morgan fingerprint density at radius 2 is 1.78 bits per heavy atom. The number of hydrogen-bond acceptors (Lipinski definition) is 5. The summed E-state index contributed by atoms with van der Waals surface area (Å²) in [6.45, 7) is 6.63. The summed E-state index contributed by atoms with van der Waals surface area (Å²) in [7, 11) is 0. The largest absolute Gasteiger partial charge is 0.484 e. The molecule has 1 rings (SSSR count). The van der Waals surface area contributed by atoms with Crippen molar-refractivity contribution in [3.05, 3.63) is 29.8 Å². The van der Waals surface area contributed by atoms with Crippen molar-refractivity contribution in [1.29, 1.82) is 0 Å². The van der Waals surface area contributed by atoms with E-state index in [1.165, 1.54) is 12.5 Å². The van der Waals surface area contributed by atoms with Gasteiger partial charge < -0.3 is 19.7 Å².